The van der Waals surface area contributed by atoms with Crippen LogP contribution >= 0.6 is 0 Å². The normalized spacial score (nSPS) is 12.9. The SMILES string of the molecule is CCCCCC(F)CCCCCCCCF. The van der Waals surface area contributed by atoms with E-state index in [-0.39, 0.29) is 6.67 Å². The van der Waals surface area contributed by atoms with Crippen LogP contribution in [0.5, 0.6) is 0 Å². The summed E-state index contributed by atoms with van der Waals surface area (Å²) < 4.78 is 25.1. The molecule has 98 valence electrons. The molecular weight excluding hydrogens is 206 g/mol. The van der Waals surface area contributed by atoms with Gasteiger partial charge in [0.05, 0.1) is 6.67 Å². The number of hydrogen-bond donors (Lipinski definition) is 0. The van der Waals surface area contributed by atoms with Crippen LogP contribution in [0.25, 0.3) is 0 Å². The Hall–Kier alpha value is -0.140. The first-order valence-electron chi connectivity index (χ1n) is 7.01. The third kappa shape index (κ3) is 11.9. The van der Waals surface area contributed by atoms with Crippen molar-refractivity contribution in [3.63, 3.8) is 0 Å². The molecule has 2 heteroatoms. The minimum absolute atomic E-state index is 0.190. The van der Waals surface area contributed by atoms with Crippen LogP contribution in [-0.4, -0.2) is 12.8 Å². The lowest BCUT2D eigenvalue weighted by Crippen LogP contribution is -1.99. The second-order valence-electron chi connectivity index (χ2n) is 4.69. The van der Waals surface area contributed by atoms with Gasteiger partial charge in [-0.25, -0.2) is 4.39 Å². The lowest BCUT2D eigenvalue weighted by molar-refractivity contribution is 0.279. The van der Waals surface area contributed by atoms with Gasteiger partial charge in [-0.3, -0.25) is 4.39 Å². The number of hydrogen-bond acceptors (Lipinski definition) is 0. The summed E-state index contributed by atoms with van der Waals surface area (Å²) in [6.07, 6.45) is 10.3. The summed E-state index contributed by atoms with van der Waals surface area (Å²) in [5.74, 6) is 0. The van der Waals surface area contributed by atoms with E-state index < -0.39 is 6.17 Å². The van der Waals surface area contributed by atoms with E-state index in [1.807, 2.05) is 0 Å². The van der Waals surface area contributed by atoms with E-state index in [9.17, 15) is 8.78 Å². The second-order valence-corrected chi connectivity index (χ2v) is 4.69. The van der Waals surface area contributed by atoms with E-state index in [1.54, 1.807) is 0 Å². The van der Waals surface area contributed by atoms with Gasteiger partial charge >= 0.3 is 0 Å². The molecule has 0 aromatic heterocycles. The predicted octanol–water partition coefficient (Wildman–Crippen LogP) is 5.61. The third-order valence-corrected chi connectivity index (χ3v) is 3.02. The maximum atomic E-state index is 13.3. The van der Waals surface area contributed by atoms with Gasteiger partial charge in [0, 0.05) is 0 Å². The molecule has 0 saturated heterocycles. The molecule has 0 amide bonds. The van der Waals surface area contributed by atoms with Gasteiger partial charge in [-0.05, 0) is 19.3 Å². The van der Waals surface area contributed by atoms with Crippen molar-refractivity contribution in [1.29, 1.82) is 0 Å². The number of rotatable bonds is 12. The Morgan fingerprint density at radius 2 is 1.25 bits per heavy atom. The Morgan fingerprint density at radius 3 is 1.81 bits per heavy atom. The molecule has 0 radical (unpaired) electrons. The first-order chi connectivity index (χ1) is 7.81. The van der Waals surface area contributed by atoms with Gasteiger partial charge in [0.25, 0.3) is 0 Å². The first-order valence-corrected chi connectivity index (χ1v) is 7.01. The van der Waals surface area contributed by atoms with Crippen molar-refractivity contribution in [2.45, 2.75) is 83.7 Å². The zero-order valence-electron chi connectivity index (χ0n) is 10.8. The smallest absolute Gasteiger partial charge is 0.100 e. The van der Waals surface area contributed by atoms with Crippen molar-refractivity contribution in [2.75, 3.05) is 6.67 Å². The minimum atomic E-state index is -0.586. The Bertz CT molecular complexity index is 126. The van der Waals surface area contributed by atoms with Crippen LogP contribution in [0.1, 0.15) is 77.6 Å². The van der Waals surface area contributed by atoms with Crippen LogP contribution < -0.4 is 0 Å². The quantitative estimate of drug-likeness (QED) is 0.385. The Morgan fingerprint density at radius 1 is 0.750 bits per heavy atom. The molecule has 0 aliphatic heterocycles. The van der Waals surface area contributed by atoms with Gasteiger partial charge < -0.3 is 0 Å². The van der Waals surface area contributed by atoms with Gasteiger partial charge in [-0.1, -0.05) is 58.3 Å². The molecule has 0 aromatic carbocycles. The molecule has 0 aliphatic rings. The van der Waals surface area contributed by atoms with Crippen LogP contribution in [0.4, 0.5) is 8.78 Å². The maximum absolute atomic E-state index is 13.3. The highest BCUT2D eigenvalue weighted by Gasteiger charge is 2.05. The average Bonchev–Trinajstić information content (AvgIpc) is 2.28. The standard InChI is InChI=1S/C14H28F2/c1-2-3-8-11-14(16)12-9-6-4-5-7-10-13-15/h14H,2-13H2,1H3. The molecular formula is C14H28F2. The summed E-state index contributed by atoms with van der Waals surface area (Å²) in [6.45, 7) is 1.95. The Kier molecular flexibility index (Phi) is 12.8. The highest BCUT2D eigenvalue weighted by atomic mass is 19.1. The molecule has 0 saturated carbocycles. The summed E-state index contributed by atoms with van der Waals surface area (Å²) in [4.78, 5) is 0. The molecule has 16 heavy (non-hydrogen) atoms. The minimum Gasteiger partial charge on any atom is -0.251 e. The van der Waals surface area contributed by atoms with Gasteiger partial charge in [0.2, 0.25) is 0 Å². The van der Waals surface area contributed by atoms with E-state index in [2.05, 4.69) is 6.92 Å². The van der Waals surface area contributed by atoms with Gasteiger partial charge in [-0.15, -0.1) is 0 Å². The first kappa shape index (κ1) is 15.9. The maximum Gasteiger partial charge on any atom is 0.100 e. The summed E-state index contributed by atoms with van der Waals surface area (Å²) in [6, 6.07) is 0. The van der Waals surface area contributed by atoms with Crippen LogP contribution in [0.15, 0.2) is 0 Å². The van der Waals surface area contributed by atoms with E-state index in [4.69, 9.17) is 0 Å². The highest BCUT2D eigenvalue weighted by molar-refractivity contribution is 4.57. The average molecular weight is 234 g/mol. The Labute approximate surface area is 99.8 Å². The van der Waals surface area contributed by atoms with Gasteiger partial charge in [-0.2, -0.15) is 0 Å². The fourth-order valence-corrected chi connectivity index (χ4v) is 1.93. The van der Waals surface area contributed by atoms with Crippen molar-refractivity contribution < 1.29 is 8.78 Å². The molecule has 0 nitrogen and oxygen atoms in total. The number of alkyl halides is 2. The molecule has 0 rings (SSSR count). The highest BCUT2D eigenvalue weighted by Crippen LogP contribution is 2.15. The van der Waals surface area contributed by atoms with Crippen LogP contribution in [0.3, 0.4) is 0 Å². The van der Waals surface area contributed by atoms with E-state index in [1.165, 1.54) is 6.42 Å². The summed E-state index contributed by atoms with van der Waals surface area (Å²) >= 11 is 0. The molecule has 0 aliphatic carbocycles. The molecule has 0 fully saturated rings. The zero-order chi connectivity index (χ0) is 12.1. The lowest BCUT2D eigenvalue weighted by Gasteiger charge is -2.07. The van der Waals surface area contributed by atoms with Crippen molar-refractivity contribution >= 4 is 0 Å². The fourth-order valence-electron chi connectivity index (χ4n) is 1.93. The van der Waals surface area contributed by atoms with E-state index in [0.717, 1.165) is 57.8 Å². The predicted molar refractivity (Wildman–Crippen MR) is 67.3 cm³/mol. The lowest BCUT2D eigenvalue weighted by atomic mass is 10.0. The molecule has 1 unspecified atom stereocenters. The van der Waals surface area contributed by atoms with E-state index >= 15 is 0 Å². The van der Waals surface area contributed by atoms with Crippen molar-refractivity contribution in [3.8, 4) is 0 Å². The number of unbranched alkanes of at least 4 members (excludes halogenated alkanes) is 7. The molecule has 0 bridgehead atoms. The van der Waals surface area contributed by atoms with Crippen LogP contribution in [0, 0.1) is 0 Å². The molecule has 0 heterocycles. The summed E-state index contributed by atoms with van der Waals surface area (Å²) in [5.41, 5.74) is 0. The Balaban J connectivity index is 3.06. The second kappa shape index (κ2) is 12.9. The molecule has 1 atom stereocenters. The monoisotopic (exact) mass is 234 g/mol. The van der Waals surface area contributed by atoms with Crippen LogP contribution in [-0.2, 0) is 0 Å². The fraction of sp³-hybridized carbons (Fsp3) is 1.00. The molecule has 0 spiro atoms. The molecule has 0 aromatic rings. The molecule has 0 N–H and O–H groups in total. The summed E-state index contributed by atoms with van der Waals surface area (Å²) in [7, 11) is 0. The topological polar surface area (TPSA) is 0 Å². The zero-order valence-corrected chi connectivity index (χ0v) is 10.8. The van der Waals surface area contributed by atoms with Gasteiger partial charge in [0.1, 0.15) is 6.17 Å². The van der Waals surface area contributed by atoms with Gasteiger partial charge in [0.15, 0.2) is 0 Å². The van der Waals surface area contributed by atoms with Crippen LogP contribution in [0.2, 0.25) is 0 Å². The van der Waals surface area contributed by atoms with Crippen molar-refractivity contribution in [1.82, 2.24) is 0 Å². The number of halogens is 2. The summed E-state index contributed by atoms with van der Waals surface area (Å²) in [5, 5.41) is 0. The van der Waals surface area contributed by atoms with E-state index in [0.29, 0.717) is 6.42 Å². The van der Waals surface area contributed by atoms with Crippen molar-refractivity contribution in [2.24, 2.45) is 0 Å². The third-order valence-electron chi connectivity index (χ3n) is 3.02. The largest absolute Gasteiger partial charge is 0.251 e. The van der Waals surface area contributed by atoms with Crippen molar-refractivity contribution in [3.05, 3.63) is 0 Å².